The highest BCUT2D eigenvalue weighted by Crippen LogP contribution is 2.29. The van der Waals surface area contributed by atoms with Gasteiger partial charge in [0.05, 0.1) is 18.1 Å². The molecule has 2 heterocycles. The van der Waals surface area contributed by atoms with Gasteiger partial charge in [-0.25, -0.2) is 4.98 Å². The standard InChI is InChI=1S/C19H18N2O3/c1-12-9-13(2)18(14(3)10-12)24-17-7-6-15(11-20-17)21-19(22)16-5-4-8-23-16/h4-11H,1-3H3,(H,21,22). The topological polar surface area (TPSA) is 64.4 Å². The van der Waals surface area contributed by atoms with Gasteiger partial charge < -0.3 is 14.5 Å². The van der Waals surface area contributed by atoms with Gasteiger partial charge in [0, 0.05) is 6.07 Å². The lowest BCUT2D eigenvalue weighted by molar-refractivity contribution is 0.0996. The smallest absolute Gasteiger partial charge is 0.291 e. The molecule has 0 saturated heterocycles. The van der Waals surface area contributed by atoms with Gasteiger partial charge in [0.1, 0.15) is 5.75 Å². The zero-order chi connectivity index (χ0) is 17.1. The number of hydrogen-bond donors (Lipinski definition) is 1. The van der Waals surface area contributed by atoms with Crippen molar-refractivity contribution in [1.82, 2.24) is 4.98 Å². The van der Waals surface area contributed by atoms with E-state index in [0.29, 0.717) is 11.6 Å². The average molecular weight is 322 g/mol. The van der Waals surface area contributed by atoms with Gasteiger partial charge in [0.2, 0.25) is 5.88 Å². The molecule has 5 nitrogen and oxygen atoms in total. The molecule has 24 heavy (non-hydrogen) atoms. The maximum Gasteiger partial charge on any atom is 0.291 e. The molecule has 0 radical (unpaired) electrons. The third kappa shape index (κ3) is 3.46. The summed E-state index contributed by atoms with van der Waals surface area (Å²) in [5.74, 6) is 1.21. The number of anilines is 1. The van der Waals surface area contributed by atoms with Gasteiger partial charge >= 0.3 is 0 Å². The Labute approximate surface area is 140 Å². The second-order valence-electron chi connectivity index (χ2n) is 5.65. The van der Waals surface area contributed by atoms with Crippen LogP contribution in [-0.4, -0.2) is 10.9 Å². The van der Waals surface area contributed by atoms with Crippen molar-refractivity contribution in [2.45, 2.75) is 20.8 Å². The van der Waals surface area contributed by atoms with E-state index < -0.39 is 0 Å². The van der Waals surface area contributed by atoms with E-state index in [-0.39, 0.29) is 11.7 Å². The fourth-order valence-electron chi connectivity index (χ4n) is 2.55. The van der Waals surface area contributed by atoms with Crippen LogP contribution in [0.3, 0.4) is 0 Å². The molecule has 0 saturated carbocycles. The first-order valence-electron chi connectivity index (χ1n) is 7.59. The summed E-state index contributed by atoms with van der Waals surface area (Å²) in [5.41, 5.74) is 3.89. The molecule has 3 rings (SSSR count). The number of nitrogens with zero attached hydrogens (tertiary/aromatic N) is 1. The maximum absolute atomic E-state index is 11.9. The van der Waals surface area contributed by atoms with Gasteiger partial charge in [-0.05, 0) is 50.1 Å². The Balaban J connectivity index is 1.72. The summed E-state index contributed by atoms with van der Waals surface area (Å²) in [4.78, 5) is 16.2. The molecule has 5 heteroatoms. The molecule has 2 aromatic heterocycles. The summed E-state index contributed by atoms with van der Waals surface area (Å²) >= 11 is 0. The fraction of sp³-hybridized carbons (Fsp3) is 0.158. The number of amides is 1. The normalized spacial score (nSPS) is 10.5. The molecule has 0 bridgehead atoms. The molecule has 0 spiro atoms. The van der Waals surface area contributed by atoms with Crippen molar-refractivity contribution in [2.24, 2.45) is 0 Å². The summed E-state index contributed by atoms with van der Waals surface area (Å²) in [6.45, 7) is 6.07. The van der Waals surface area contributed by atoms with Crippen LogP contribution in [0.2, 0.25) is 0 Å². The van der Waals surface area contributed by atoms with Crippen LogP contribution >= 0.6 is 0 Å². The first kappa shape index (κ1) is 15.8. The molecule has 0 aliphatic heterocycles. The van der Waals surface area contributed by atoms with E-state index in [1.165, 1.54) is 11.8 Å². The lowest BCUT2D eigenvalue weighted by Crippen LogP contribution is -2.10. The van der Waals surface area contributed by atoms with Crippen molar-refractivity contribution in [2.75, 3.05) is 5.32 Å². The van der Waals surface area contributed by atoms with Crippen molar-refractivity contribution in [3.8, 4) is 11.6 Å². The predicted molar refractivity (Wildman–Crippen MR) is 91.6 cm³/mol. The number of nitrogens with one attached hydrogen (secondary N) is 1. The van der Waals surface area contributed by atoms with Gasteiger partial charge in [-0.2, -0.15) is 0 Å². The number of aromatic nitrogens is 1. The number of aryl methyl sites for hydroxylation is 3. The van der Waals surface area contributed by atoms with Gasteiger partial charge in [-0.1, -0.05) is 17.7 Å². The monoisotopic (exact) mass is 322 g/mol. The van der Waals surface area contributed by atoms with Crippen LogP contribution < -0.4 is 10.1 Å². The van der Waals surface area contributed by atoms with Gasteiger partial charge in [0.15, 0.2) is 5.76 Å². The van der Waals surface area contributed by atoms with Gasteiger partial charge in [0.25, 0.3) is 5.91 Å². The van der Waals surface area contributed by atoms with Crippen molar-refractivity contribution in [1.29, 1.82) is 0 Å². The number of ether oxygens (including phenoxy) is 1. The Morgan fingerprint density at radius 3 is 2.46 bits per heavy atom. The molecular formula is C19H18N2O3. The molecule has 1 N–H and O–H groups in total. The molecule has 0 atom stereocenters. The van der Waals surface area contributed by atoms with Crippen LogP contribution in [0, 0.1) is 20.8 Å². The molecular weight excluding hydrogens is 304 g/mol. The van der Waals surface area contributed by atoms with E-state index in [9.17, 15) is 4.79 Å². The van der Waals surface area contributed by atoms with Gasteiger partial charge in [-0.15, -0.1) is 0 Å². The SMILES string of the molecule is Cc1cc(C)c(Oc2ccc(NC(=O)c3ccco3)cn2)c(C)c1. The molecule has 0 aliphatic rings. The summed E-state index contributed by atoms with van der Waals surface area (Å²) < 4.78 is 10.9. The summed E-state index contributed by atoms with van der Waals surface area (Å²) in [5, 5.41) is 2.71. The lowest BCUT2D eigenvalue weighted by Gasteiger charge is -2.12. The highest BCUT2D eigenvalue weighted by molar-refractivity contribution is 6.02. The summed E-state index contributed by atoms with van der Waals surface area (Å²) in [6.07, 6.45) is 3.01. The first-order chi connectivity index (χ1) is 11.5. The van der Waals surface area contributed by atoms with E-state index in [1.807, 2.05) is 13.8 Å². The van der Waals surface area contributed by atoms with Gasteiger partial charge in [-0.3, -0.25) is 4.79 Å². The quantitative estimate of drug-likeness (QED) is 0.759. The number of carbonyl (C=O) groups excluding carboxylic acids is 1. The molecule has 3 aromatic rings. The van der Waals surface area contributed by atoms with Crippen LogP contribution in [0.1, 0.15) is 27.2 Å². The molecule has 0 aliphatic carbocycles. The molecule has 0 unspecified atom stereocenters. The molecule has 122 valence electrons. The number of hydrogen-bond acceptors (Lipinski definition) is 4. The Morgan fingerprint density at radius 1 is 1.12 bits per heavy atom. The molecule has 1 aromatic carbocycles. The third-order valence-corrected chi connectivity index (χ3v) is 3.55. The predicted octanol–water partition coefficient (Wildman–Crippen LogP) is 4.64. The second kappa shape index (κ2) is 6.58. The van der Waals surface area contributed by atoms with Crippen molar-refractivity contribution in [3.05, 3.63) is 71.3 Å². The zero-order valence-electron chi connectivity index (χ0n) is 13.8. The Hall–Kier alpha value is -3.08. The second-order valence-corrected chi connectivity index (χ2v) is 5.65. The van der Waals surface area contributed by atoms with E-state index in [1.54, 1.807) is 30.5 Å². The first-order valence-corrected chi connectivity index (χ1v) is 7.59. The van der Waals surface area contributed by atoms with E-state index in [0.717, 1.165) is 16.9 Å². The Bertz CT molecular complexity index is 830. The zero-order valence-corrected chi connectivity index (χ0v) is 13.8. The largest absolute Gasteiger partial charge is 0.459 e. The number of furan rings is 1. The number of carbonyl (C=O) groups is 1. The van der Waals surface area contributed by atoms with Crippen LogP contribution in [0.4, 0.5) is 5.69 Å². The minimum absolute atomic E-state index is 0.251. The fourth-order valence-corrected chi connectivity index (χ4v) is 2.55. The van der Waals surface area contributed by atoms with E-state index in [2.05, 4.69) is 29.4 Å². The van der Waals surface area contributed by atoms with Crippen LogP contribution in [-0.2, 0) is 0 Å². The van der Waals surface area contributed by atoms with Crippen LogP contribution in [0.15, 0.2) is 53.3 Å². The van der Waals surface area contributed by atoms with Crippen molar-refractivity contribution < 1.29 is 13.9 Å². The average Bonchev–Trinajstić information content (AvgIpc) is 3.07. The summed E-state index contributed by atoms with van der Waals surface area (Å²) in [7, 11) is 0. The molecule has 0 fully saturated rings. The van der Waals surface area contributed by atoms with E-state index in [4.69, 9.17) is 9.15 Å². The van der Waals surface area contributed by atoms with Crippen molar-refractivity contribution >= 4 is 11.6 Å². The Morgan fingerprint density at radius 2 is 1.88 bits per heavy atom. The number of rotatable bonds is 4. The minimum atomic E-state index is -0.319. The number of pyridine rings is 1. The molecule has 1 amide bonds. The Kier molecular flexibility index (Phi) is 4.33. The minimum Gasteiger partial charge on any atom is -0.459 e. The van der Waals surface area contributed by atoms with Crippen LogP contribution in [0.25, 0.3) is 0 Å². The van der Waals surface area contributed by atoms with Crippen LogP contribution in [0.5, 0.6) is 11.6 Å². The summed E-state index contributed by atoms with van der Waals surface area (Å²) in [6, 6.07) is 10.9. The maximum atomic E-state index is 11.9. The highest BCUT2D eigenvalue weighted by atomic mass is 16.5. The lowest BCUT2D eigenvalue weighted by atomic mass is 10.1. The van der Waals surface area contributed by atoms with E-state index >= 15 is 0 Å². The number of benzene rings is 1. The third-order valence-electron chi connectivity index (χ3n) is 3.55. The van der Waals surface area contributed by atoms with Crippen molar-refractivity contribution in [3.63, 3.8) is 0 Å². The highest BCUT2D eigenvalue weighted by Gasteiger charge is 2.10.